The van der Waals surface area contributed by atoms with Gasteiger partial charge in [-0.25, -0.2) is 15.1 Å². The highest BCUT2D eigenvalue weighted by Gasteiger charge is 2.33. The van der Waals surface area contributed by atoms with E-state index in [9.17, 15) is 18.0 Å². The van der Waals surface area contributed by atoms with Gasteiger partial charge in [0.2, 0.25) is 0 Å². The number of nitrogens with zero attached hydrogens (tertiary/aromatic N) is 5. The zero-order valence-corrected chi connectivity index (χ0v) is 12.6. The van der Waals surface area contributed by atoms with Crippen LogP contribution in [0.3, 0.4) is 0 Å². The van der Waals surface area contributed by atoms with Gasteiger partial charge >= 0.3 is 6.18 Å². The van der Waals surface area contributed by atoms with Crippen LogP contribution < -0.4 is 15.4 Å². The molecule has 0 radical (unpaired) electrons. The molecule has 1 saturated heterocycles. The van der Waals surface area contributed by atoms with Crippen LogP contribution in [0.25, 0.3) is 0 Å². The van der Waals surface area contributed by atoms with Crippen LogP contribution in [0.1, 0.15) is 12.1 Å². The molecule has 0 unspecified atom stereocenters. The molecule has 1 aliphatic rings. The minimum absolute atomic E-state index is 0.258. The largest absolute Gasteiger partial charge is 0.433 e. The topological polar surface area (TPSA) is 78.0 Å². The van der Waals surface area contributed by atoms with E-state index in [-0.39, 0.29) is 11.4 Å². The Hall–Kier alpha value is -2.65. The van der Waals surface area contributed by atoms with Gasteiger partial charge in [-0.15, -0.1) is 0 Å². The van der Waals surface area contributed by atoms with Crippen LogP contribution in [-0.2, 0) is 6.18 Å². The van der Waals surface area contributed by atoms with Gasteiger partial charge in [0.25, 0.3) is 5.56 Å². The average Bonchev–Trinajstić information content (AvgIpc) is 2.81. The van der Waals surface area contributed by atoms with Crippen molar-refractivity contribution in [1.82, 2.24) is 20.2 Å². The molecule has 10 heteroatoms. The number of halogens is 3. The molecule has 0 bridgehead atoms. The second-order valence-corrected chi connectivity index (χ2v) is 5.37. The van der Waals surface area contributed by atoms with E-state index in [4.69, 9.17) is 0 Å². The molecule has 1 fully saturated rings. The summed E-state index contributed by atoms with van der Waals surface area (Å²) >= 11 is 0. The maximum absolute atomic E-state index is 12.8. The summed E-state index contributed by atoms with van der Waals surface area (Å²) in [5.41, 5.74) is -1.23. The Balaban J connectivity index is 1.74. The zero-order chi connectivity index (χ0) is 17.2. The first kappa shape index (κ1) is 16.2. The van der Waals surface area contributed by atoms with Crippen LogP contribution in [0.15, 0.2) is 29.3 Å². The van der Waals surface area contributed by atoms with E-state index >= 15 is 0 Å². The first-order chi connectivity index (χ1) is 11.4. The zero-order valence-electron chi connectivity index (χ0n) is 12.6. The minimum atomic E-state index is -4.49. The van der Waals surface area contributed by atoms with Crippen LogP contribution in [0, 0.1) is 0 Å². The molecule has 0 saturated carbocycles. The number of rotatable bonds is 2. The lowest BCUT2D eigenvalue weighted by Crippen LogP contribution is -2.32. The van der Waals surface area contributed by atoms with Gasteiger partial charge in [-0.2, -0.15) is 18.3 Å². The van der Waals surface area contributed by atoms with E-state index in [1.54, 1.807) is 11.0 Å². The predicted molar refractivity (Wildman–Crippen MR) is 80.9 cm³/mol. The number of hydrogen-bond donors (Lipinski definition) is 1. The summed E-state index contributed by atoms with van der Waals surface area (Å²) in [4.78, 5) is 22.1. The highest BCUT2D eigenvalue weighted by molar-refractivity contribution is 5.42. The normalized spacial score (nSPS) is 16.1. The van der Waals surface area contributed by atoms with Crippen molar-refractivity contribution in [1.29, 1.82) is 0 Å². The number of alkyl halides is 3. The predicted octanol–water partition coefficient (Wildman–Crippen LogP) is 1.30. The van der Waals surface area contributed by atoms with Gasteiger partial charge in [-0.3, -0.25) is 4.79 Å². The first-order valence-corrected chi connectivity index (χ1v) is 7.38. The van der Waals surface area contributed by atoms with Gasteiger partial charge in [-0.05, 0) is 12.5 Å². The van der Waals surface area contributed by atoms with Gasteiger partial charge in [0, 0.05) is 38.3 Å². The Morgan fingerprint density at radius 2 is 1.71 bits per heavy atom. The third kappa shape index (κ3) is 3.63. The van der Waals surface area contributed by atoms with Crippen LogP contribution in [-0.4, -0.2) is 46.3 Å². The molecular formula is C14H15F3N6O. The summed E-state index contributed by atoms with van der Waals surface area (Å²) in [5.74, 6) is 0.892. The van der Waals surface area contributed by atoms with Crippen LogP contribution in [0.5, 0.6) is 0 Å². The van der Waals surface area contributed by atoms with Crippen LogP contribution in [0.2, 0.25) is 0 Å². The van der Waals surface area contributed by atoms with Gasteiger partial charge in [-0.1, -0.05) is 0 Å². The second kappa shape index (κ2) is 6.46. The van der Waals surface area contributed by atoms with Gasteiger partial charge < -0.3 is 9.80 Å². The van der Waals surface area contributed by atoms with Crippen molar-refractivity contribution in [2.24, 2.45) is 0 Å². The first-order valence-electron chi connectivity index (χ1n) is 7.38. The summed E-state index contributed by atoms with van der Waals surface area (Å²) in [6.07, 6.45) is -2.83. The number of aromatic nitrogens is 4. The Labute approximate surface area is 135 Å². The molecule has 0 spiro atoms. The summed E-state index contributed by atoms with van der Waals surface area (Å²) in [6, 6.07) is 3.99. The lowest BCUT2D eigenvalue weighted by molar-refractivity contribution is -0.141. The molecule has 2 aromatic heterocycles. The maximum Gasteiger partial charge on any atom is 0.433 e. The standard InChI is InChI=1S/C14H15F3N6O/c15-14(16,17)10-8-12(19-9-18-10)23-5-1-4-22(6-7-23)11-2-3-13(24)21-20-11/h2-3,8-9H,1,4-7H2,(H,21,24). The van der Waals surface area contributed by atoms with Crippen molar-refractivity contribution >= 4 is 11.6 Å². The van der Waals surface area contributed by atoms with E-state index in [1.807, 2.05) is 4.90 Å². The summed E-state index contributed by atoms with van der Waals surface area (Å²) in [7, 11) is 0. The lowest BCUT2D eigenvalue weighted by Gasteiger charge is -2.23. The number of hydrogen-bond acceptors (Lipinski definition) is 6. The lowest BCUT2D eigenvalue weighted by atomic mass is 10.3. The number of anilines is 2. The molecule has 3 rings (SSSR count). The maximum atomic E-state index is 12.8. The Bertz CT molecular complexity index is 742. The minimum Gasteiger partial charge on any atom is -0.355 e. The number of H-pyrrole nitrogens is 1. The van der Waals surface area contributed by atoms with Gasteiger partial charge in [0.05, 0.1) is 0 Å². The fourth-order valence-corrected chi connectivity index (χ4v) is 2.56. The molecule has 0 aliphatic carbocycles. The molecule has 1 N–H and O–H groups in total. The smallest absolute Gasteiger partial charge is 0.355 e. The third-order valence-electron chi connectivity index (χ3n) is 3.75. The van der Waals surface area contributed by atoms with Crippen molar-refractivity contribution in [2.75, 3.05) is 36.0 Å². The van der Waals surface area contributed by atoms with E-state index in [2.05, 4.69) is 20.2 Å². The van der Waals surface area contributed by atoms with E-state index in [1.165, 1.54) is 6.07 Å². The molecule has 1 aliphatic heterocycles. The van der Waals surface area contributed by atoms with Crippen molar-refractivity contribution in [3.63, 3.8) is 0 Å². The summed E-state index contributed by atoms with van der Waals surface area (Å²) in [6.45, 7) is 2.32. The van der Waals surface area contributed by atoms with Gasteiger partial charge in [0.15, 0.2) is 0 Å². The SMILES string of the molecule is O=c1ccc(N2CCCN(c3cc(C(F)(F)F)ncn3)CC2)n[nH]1. The number of nitrogens with one attached hydrogen (secondary N) is 1. The highest BCUT2D eigenvalue weighted by Crippen LogP contribution is 2.29. The fraction of sp³-hybridized carbons (Fsp3) is 0.429. The Kier molecular flexibility index (Phi) is 4.36. The second-order valence-electron chi connectivity index (χ2n) is 5.37. The van der Waals surface area contributed by atoms with Crippen molar-refractivity contribution in [2.45, 2.75) is 12.6 Å². The van der Waals surface area contributed by atoms with E-state index in [0.717, 1.165) is 18.8 Å². The van der Waals surface area contributed by atoms with Crippen LogP contribution >= 0.6 is 0 Å². The molecule has 24 heavy (non-hydrogen) atoms. The Morgan fingerprint density at radius 3 is 2.33 bits per heavy atom. The molecule has 0 aromatic carbocycles. The van der Waals surface area contributed by atoms with Crippen molar-refractivity contribution in [3.8, 4) is 0 Å². The van der Waals surface area contributed by atoms with Gasteiger partial charge in [0.1, 0.15) is 23.7 Å². The van der Waals surface area contributed by atoms with Crippen molar-refractivity contribution < 1.29 is 13.2 Å². The quantitative estimate of drug-likeness (QED) is 0.888. The van der Waals surface area contributed by atoms with E-state index in [0.29, 0.717) is 32.0 Å². The molecular weight excluding hydrogens is 325 g/mol. The van der Waals surface area contributed by atoms with Crippen molar-refractivity contribution in [3.05, 3.63) is 40.6 Å². The third-order valence-corrected chi connectivity index (χ3v) is 3.75. The highest BCUT2D eigenvalue weighted by atomic mass is 19.4. The number of aromatic amines is 1. The van der Waals surface area contributed by atoms with E-state index < -0.39 is 11.9 Å². The summed E-state index contributed by atoms with van der Waals surface area (Å²) < 4.78 is 38.3. The molecule has 0 amide bonds. The fourth-order valence-electron chi connectivity index (χ4n) is 2.56. The van der Waals surface area contributed by atoms with Crippen LogP contribution in [0.4, 0.5) is 24.8 Å². The Morgan fingerprint density at radius 1 is 1.00 bits per heavy atom. The molecule has 3 heterocycles. The molecule has 128 valence electrons. The average molecular weight is 340 g/mol. The molecule has 0 atom stereocenters. The summed E-state index contributed by atoms with van der Waals surface area (Å²) in [5, 5.41) is 6.36. The molecule has 7 nitrogen and oxygen atoms in total. The molecule has 2 aromatic rings. The monoisotopic (exact) mass is 340 g/mol.